The number of halogens is 1. The fraction of sp³-hybridized carbons (Fsp3) is 0.488. The molecule has 3 aromatic rings. The first-order chi connectivity index (χ1) is 28.7. The number of benzene rings is 2. The minimum Gasteiger partial charge on any atom is -0.490 e. The molecule has 16 heteroatoms. The van der Waals surface area contributed by atoms with Crippen molar-refractivity contribution in [3.63, 3.8) is 0 Å². The largest absolute Gasteiger partial charge is 0.490 e. The quantitative estimate of drug-likeness (QED) is 0.168. The van der Waals surface area contributed by atoms with E-state index in [4.69, 9.17) is 21.6 Å². The molecule has 308 valence electrons. The maximum absolute atomic E-state index is 13.7. The van der Waals surface area contributed by atoms with E-state index in [0.29, 0.717) is 40.1 Å². The summed E-state index contributed by atoms with van der Waals surface area (Å²) >= 11 is 6.21. The Kier molecular flexibility index (Phi) is 12.1. The second-order valence-electron chi connectivity index (χ2n) is 16.0. The van der Waals surface area contributed by atoms with Gasteiger partial charge in [-0.2, -0.15) is 5.26 Å². The summed E-state index contributed by atoms with van der Waals surface area (Å²) in [6.45, 7) is 5.18. The summed E-state index contributed by atoms with van der Waals surface area (Å²) < 4.78 is 6.24. The Hall–Kier alpha value is -5.59. The van der Waals surface area contributed by atoms with E-state index < -0.39 is 29.7 Å². The van der Waals surface area contributed by atoms with E-state index in [0.717, 1.165) is 95.4 Å². The van der Waals surface area contributed by atoms with Gasteiger partial charge in [-0.05, 0) is 62.9 Å². The van der Waals surface area contributed by atoms with E-state index in [9.17, 15) is 24.0 Å². The third-order valence-electron chi connectivity index (χ3n) is 12.3. The number of rotatable bonds is 14. The molecule has 15 nitrogen and oxygen atoms in total. The first-order valence-electron chi connectivity index (χ1n) is 20.7. The molecule has 6 heterocycles. The van der Waals surface area contributed by atoms with Gasteiger partial charge in [0.2, 0.25) is 17.8 Å². The third kappa shape index (κ3) is 8.60. The number of carbonyl (C=O) groups is 5. The number of amides is 5. The summed E-state index contributed by atoms with van der Waals surface area (Å²) in [5.41, 5.74) is 2.07. The fourth-order valence-electron chi connectivity index (χ4n) is 9.20. The molecule has 4 atom stereocenters. The maximum atomic E-state index is 13.7. The van der Waals surface area contributed by atoms with Crippen molar-refractivity contribution < 1.29 is 28.7 Å². The van der Waals surface area contributed by atoms with Gasteiger partial charge >= 0.3 is 0 Å². The lowest BCUT2D eigenvalue weighted by atomic mass is 9.98. The highest BCUT2D eigenvalue weighted by atomic mass is 35.5. The number of imide groups is 2. The van der Waals surface area contributed by atoms with Crippen molar-refractivity contribution in [2.24, 2.45) is 0 Å². The van der Waals surface area contributed by atoms with Gasteiger partial charge in [0.1, 0.15) is 24.0 Å². The number of hydrogen-bond donors (Lipinski definition) is 2. The van der Waals surface area contributed by atoms with Crippen LogP contribution in [0.4, 0.5) is 11.6 Å². The molecular formula is C43H48ClN9O6. The normalized spacial score (nSPS) is 22.9. The lowest BCUT2D eigenvalue weighted by Gasteiger charge is -2.39. The van der Waals surface area contributed by atoms with Crippen molar-refractivity contribution in [2.75, 3.05) is 49.5 Å². The number of nitrogens with zero attached hydrogens (tertiary/aromatic N) is 7. The molecule has 0 saturated carbocycles. The Bertz CT molecular complexity index is 2140. The number of unbranched alkanes of at least 4 members (excludes halogenated alkanes) is 4. The van der Waals surface area contributed by atoms with Gasteiger partial charge in [-0.3, -0.25) is 39.1 Å². The van der Waals surface area contributed by atoms with E-state index in [2.05, 4.69) is 36.5 Å². The van der Waals surface area contributed by atoms with Gasteiger partial charge < -0.3 is 19.9 Å². The first-order valence-corrected chi connectivity index (χ1v) is 21.1. The lowest BCUT2D eigenvalue weighted by Crippen LogP contribution is -2.54. The predicted octanol–water partition coefficient (Wildman–Crippen LogP) is 4.80. The Morgan fingerprint density at radius 1 is 0.915 bits per heavy atom. The molecule has 59 heavy (non-hydrogen) atoms. The molecule has 0 aliphatic carbocycles. The van der Waals surface area contributed by atoms with E-state index >= 15 is 0 Å². The van der Waals surface area contributed by atoms with E-state index in [-0.39, 0.29) is 48.1 Å². The summed E-state index contributed by atoms with van der Waals surface area (Å²) in [5, 5.41) is 15.1. The molecule has 4 saturated heterocycles. The van der Waals surface area contributed by atoms with Crippen LogP contribution < -0.4 is 20.3 Å². The van der Waals surface area contributed by atoms with Crippen molar-refractivity contribution in [3.8, 4) is 11.8 Å². The van der Waals surface area contributed by atoms with E-state index in [1.54, 1.807) is 48.8 Å². The number of piperazine rings is 1. The van der Waals surface area contributed by atoms with Crippen LogP contribution in [0, 0.1) is 11.3 Å². The minimum atomic E-state index is -0.982. The van der Waals surface area contributed by atoms with Gasteiger partial charge in [0.15, 0.2) is 0 Å². The highest BCUT2D eigenvalue weighted by Crippen LogP contribution is 2.39. The third-order valence-corrected chi connectivity index (χ3v) is 12.6. The number of aromatic nitrogens is 2. The average molecular weight is 822 g/mol. The van der Waals surface area contributed by atoms with Gasteiger partial charge in [0, 0.05) is 88.2 Å². The zero-order valence-electron chi connectivity index (χ0n) is 32.9. The second-order valence-corrected chi connectivity index (χ2v) is 16.4. The SMILES string of the molecule is N#Cc1ccc(OC2C[C@H]3CC[C@@H](C2)N3C(=O)c2cnc(N3CCN(CCCCCCCNc4cccc5c4C(=O)N(C4CCC(=O)NC4=O)C5=O)CC3)nc2)cc1Cl. The van der Waals surface area contributed by atoms with Gasteiger partial charge in [0.25, 0.3) is 17.7 Å². The highest BCUT2D eigenvalue weighted by Gasteiger charge is 2.46. The van der Waals surface area contributed by atoms with Crippen LogP contribution in [0.15, 0.2) is 48.8 Å². The molecule has 5 aliphatic heterocycles. The highest BCUT2D eigenvalue weighted by molar-refractivity contribution is 6.31. The smallest absolute Gasteiger partial charge is 0.264 e. The number of hydrogen-bond acceptors (Lipinski definition) is 12. The number of carbonyl (C=O) groups excluding carboxylic acids is 5. The summed E-state index contributed by atoms with van der Waals surface area (Å²) in [5.74, 6) is -0.761. The van der Waals surface area contributed by atoms with Gasteiger partial charge in [-0.1, -0.05) is 36.9 Å². The number of nitriles is 1. The molecule has 0 spiro atoms. The fourth-order valence-corrected chi connectivity index (χ4v) is 9.41. The molecular weight excluding hydrogens is 774 g/mol. The molecule has 2 bridgehead atoms. The first kappa shape index (κ1) is 40.2. The second kappa shape index (κ2) is 17.7. The summed E-state index contributed by atoms with van der Waals surface area (Å²) in [7, 11) is 0. The van der Waals surface area contributed by atoms with Crippen molar-refractivity contribution in [2.45, 2.75) is 94.9 Å². The van der Waals surface area contributed by atoms with E-state index in [1.807, 2.05) is 4.90 Å². The lowest BCUT2D eigenvalue weighted by molar-refractivity contribution is -0.136. The van der Waals surface area contributed by atoms with Crippen molar-refractivity contribution in [1.29, 1.82) is 5.26 Å². The van der Waals surface area contributed by atoms with Crippen molar-refractivity contribution >= 4 is 52.8 Å². The Morgan fingerprint density at radius 2 is 1.64 bits per heavy atom. The summed E-state index contributed by atoms with van der Waals surface area (Å²) in [6.07, 6.45) is 12.1. The summed E-state index contributed by atoms with van der Waals surface area (Å²) in [6, 6.07) is 11.5. The van der Waals surface area contributed by atoms with Crippen LogP contribution in [0.3, 0.4) is 0 Å². The van der Waals surface area contributed by atoms with Crippen molar-refractivity contribution in [1.82, 2.24) is 30.0 Å². The van der Waals surface area contributed by atoms with Crippen LogP contribution in [0.5, 0.6) is 5.75 Å². The number of piperidine rings is 2. The van der Waals surface area contributed by atoms with Gasteiger partial charge in [0.05, 0.1) is 27.3 Å². The van der Waals surface area contributed by atoms with Crippen LogP contribution in [0.25, 0.3) is 0 Å². The molecule has 1 aromatic heterocycles. The monoisotopic (exact) mass is 821 g/mol. The van der Waals surface area contributed by atoms with Crippen LogP contribution in [-0.4, -0.2) is 118 Å². The molecule has 2 aromatic carbocycles. The minimum absolute atomic E-state index is 0.0249. The van der Waals surface area contributed by atoms with Crippen molar-refractivity contribution in [3.05, 3.63) is 76.1 Å². The van der Waals surface area contributed by atoms with Crippen LogP contribution in [0.1, 0.15) is 107 Å². The Balaban J connectivity index is 0.715. The topological polar surface area (TPSA) is 181 Å². The number of fused-ring (bicyclic) bond motifs is 3. The Morgan fingerprint density at radius 3 is 2.36 bits per heavy atom. The standard InChI is InChI=1S/C43H48ClN9O6/c44-34-23-31(12-9-27(34)24-45)59-32-21-29-10-11-30(22-32)52(29)40(56)28-25-47-43(48-26-28)51-19-17-50(18-20-51)16-5-3-1-2-4-15-46-35-8-6-7-33-38(35)42(58)53(41(33)57)36-13-14-37(54)49-39(36)55/h6-9,12,23,25-26,29-30,32,36,46H,1-5,10-11,13-22H2,(H,49,54,55)/t29-,30+,32?,36?. The predicted molar refractivity (Wildman–Crippen MR) is 218 cm³/mol. The van der Waals surface area contributed by atoms with Crippen LogP contribution in [-0.2, 0) is 9.59 Å². The molecule has 5 aliphatic rings. The summed E-state index contributed by atoms with van der Waals surface area (Å²) in [4.78, 5) is 80.9. The number of anilines is 2. The molecule has 2 N–H and O–H groups in total. The zero-order valence-corrected chi connectivity index (χ0v) is 33.7. The molecule has 0 radical (unpaired) electrons. The number of ether oxygens (including phenoxy) is 1. The van der Waals surface area contributed by atoms with Gasteiger partial charge in [-0.15, -0.1) is 0 Å². The molecule has 5 amide bonds. The van der Waals surface area contributed by atoms with Crippen LogP contribution in [0.2, 0.25) is 5.02 Å². The number of nitrogens with one attached hydrogen (secondary N) is 2. The molecule has 2 unspecified atom stereocenters. The van der Waals surface area contributed by atoms with E-state index in [1.165, 1.54) is 0 Å². The van der Waals surface area contributed by atoms with Gasteiger partial charge in [-0.25, -0.2) is 9.97 Å². The molecule has 8 rings (SSSR count). The van der Waals surface area contributed by atoms with Crippen LogP contribution >= 0.6 is 11.6 Å². The Labute approximate surface area is 348 Å². The zero-order chi connectivity index (χ0) is 41.0. The maximum Gasteiger partial charge on any atom is 0.264 e. The average Bonchev–Trinajstić information content (AvgIpc) is 3.66. The molecule has 4 fully saturated rings.